The van der Waals surface area contributed by atoms with E-state index in [9.17, 15) is 5.11 Å². The molecular weight excluding hydrogens is 174 g/mol. The predicted molar refractivity (Wildman–Crippen MR) is 55.7 cm³/mol. The van der Waals surface area contributed by atoms with E-state index in [1.54, 1.807) is 0 Å². The van der Waals surface area contributed by atoms with E-state index in [0.29, 0.717) is 5.92 Å². The highest BCUT2D eigenvalue weighted by molar-refractivity contribution is 5.06. The van der Waals surface area contributed by atoms with E-state index in [0.717, 1.165) is 24.8 Å². The zero-order valence-electron chi connectivity index (χ0n) is 8.78. The first kappa shape index (κ1) is 9.17. The molecule has 0 radical (unpaired) electrons. The average Bonchev–Trinajstić information content (AvgIpc) is 2.13. The van der Waals surface area contributed by atoms with Crippen LogP contribution in [0, 0.1) is 23.2 Å². The number of hydrogen-bond donors (Lipinski definition) is 2. The van der Waals surface area contributed by atoms with Gasteiger partial charge >= 0.3 is 0 Å². The third kappa shape index (κ3) is 1.10. The van der Waals surface area contributed by atoms with Gasteiger partial charge in [0.25, 0.3) is 0 Å². The van der Waals surface area contributed by atoms with Crippen molar-refractivity contribution in [3.63, 3.8) is 0 Å². The maximum absolute atomic E-state index is 10.4. The molecule has 4 bridgehead atoms. The zero-order valence-corrected chi connectivity index (χ0v) is 8.78. The van der Waals surface area contributed by atoms with Crippen molar-refractivity contribution in [3.05, 3.63) is 0 Å². The fraction of sp³-hybridized carbons (Fsp3) is 1.00. The van der Waals surface area contributed by atoms with Crippen molar-refractivity contribution in [3.8, 4) is 0 Å². The van der Waals surface area contributed by atoms with Crippen LogP contribution < -0.4 is 5.73 Å². The van der Waals surface area contributed by atoms with Gasteiger partial charge in [-0.3, -0.25) is 0 Å². The molecule has 0 spiro atoms. The van der Waals surface area contributed by atoms with Crippen LogP contribution in [-0.4, -0.2) is 17.8 Å². The van der Waals surface area contributed by atoms with Gasteiger partial charge in [-0.05, 0) is 68.2 Å². The highest BCUT2D eigenvalue weighted by Crippen LogP contribution is 2.61. The Morgan fingerprint density at radius 1 is 1.14 bits per heavy atom. The molecule has 3 atom stereocenters. The molecular formula is C12H21NO. The van der Waals surface area contributed by atoms with E-state index in [1.165, 1.54) is 32.1 Å². The Morgan fingerprint density at radius 3 is 2.36 bits per heavy atom. The molecule has 0 aromatic heterocycles. The highest BCUT2D eigenvalue weighted by Gasteiger charge is 2.55. The second-order valence-corrected chi connectivity index (χ2v) is 5.95. The Kier molecular flexibility index (Phi) is 1.94. The van der Waals surface area contributed by atoms with Gasteiger partial charge in [0, 0.05) is 0 Å². The van der Waals surface area contributed by atoms with E-state index in [2.05, 4.69) is 0 Å². The molecule has 4 saturated carbocycles. The van der Waals surface area contributed by atoms with Crippen molar-refractivity contribution in [1.82, 2.24) is 0 Å². The molecule has 80 valence electrons. The Morgan fingerprint density at radius 2 is 1.79 bits per heavy atom. The maximum atomic E-state index is 10.4. The first-order chi connectivity index (χ1) is 6.73. The van der Waals surface area contributed by atoms with E-state index in [4.69, 9.17) is 5.73 Å². The molecule has 0 aliphatic heterocycles. The Bertz CT molecular complexity index is 226. The molecule has 4 fully saturated rings. The number of aliphatic hydroxyl groups excluding tert-OH is 1. The third-order valence-corrected chi connectivity index (χ3v) is 5.05. The van der Waals surface area contributed by atoms with Gasteiger partial charge in [-0.25, -0.2) is 0 Å². The molecule has 0 heterocycles. The van der Waals surface area contributed by atoms with Crippen molar-refractivity contribution >= 4 is 0 Å². The van der Waals surface area contributed by atoms with Crippen molar-refractivity contribution in [2.75, 3.05) is 6.54 Å². The predicted octanol–water partition coefficient (Wildman–Crippen LogP) is 1.52. The Hall–Kier alpha value is -0.0800. The minimum atomic E-state index is -0.0288. The summed E-state index contributed by atoms with van der Waals surface area (Å²) in [6.45, 7) is 0.753. The first-order valence-corrected chi connectivity index (χ1v) is 6.12. The number of aliphatic hydroxyl groups is 1. The second kappa shape index (κ2) is 2.96. The van der Waals surface area contributed by atoms with E-state index in [-0.39, 0.29) is 11.5 Å². The molecule has 0 aromatic carbocycles. The first-order valence-electron chi connectivity index (χ1n) is 6.12. The number of hydrogen-bond acceptors (Lipinski definition) is 2. The SMILES string of the molecule is NCCC12CC3CC(CC(C3)C1O)C2. The largest absolute Gasteiger partial charge is 0.392 e. The van der Waals surface area contributed by atoms with Gasteiger partial charge in [0.1, 0.15) is 0 Å². The van der Waals surface area contributed by atoms with E-state index >= 15 is 0 Å². The van der Waals surface area contributed by atoms with Crippen LogP contribution in [0.5, 0.6) is 0 Å². The molecule has 2 heteroatoms. The van der Waals surface area contributed by atoms with Gasteiger partial charge in [-0.15, -0.1) is 0 Å². The molecule has 2 nitrogen and oxygen atoms in total. The lowest BCUT2D eigenvalue weighted by Crippen LogP contribution is -2.56. The van der Waals surface area contributed by atoms with Crippen LogP contribution in [-0.2, 0) is 0 Å². The van der Waals surface area contributed by atoms with Crippen molar-refractivity contribution in [2.45, 2.75) is 44.6 Å². The standard InChI is InChI=1S/C12H21NO/c13-2-1-12-6-8-3-9(7-12)5-10(4-8)11(12)14/h8-11,14H,1-7,13H2. The summed E-state index contributed by atoms with van der Waals surface area (Å²) < 4.78 is 0. The highest BCUT2D eigenvalue weighted by atomic mass is 16.3. The van der Waals surface area contributed by atoms with Crippen LogP contribution in [0.25, 0.3) is 0 Å². The van der Waals surface area contributed by atoms with Crippen LogP contribution >= 0.6 is 0 Å². The van der Waals surface area contributed by atoms with E-state index < -0.39 is 0 Å². The topological polar surface area (TPSA) is 46.2 Å². The Balaban J connectivity index is 1.89. The van der Waals surface area contributed by atoms with Gasteiger partial charge < -0.3 is 10.8 Å². The summed E-state index contributed by atoms with van der Waals surface area (Å²) in [6, 6.07) is 0. The lowest BCUT2D eigenvalue weighted by molar-refractivity contribution is -0.157. The summed E-state index contributed by atoms with van der Waals surface area (Å²) in [6.07, 6.45) is 7.58. The van der Waals surface area contributed by atoms with Crippen LogP contribution in [0.3, 0.4) is 0 Å². The summed E-state index contributed by atoms with van der Waals surface area (Å²) in [4.78, 5) is 0. The monoisotopic (exact) mass is 195 g/mol. The fourth-order valence-corrected chi connectivity index (χ4v) is 4.82. The maximum Gasteiger partial charge on any atom is 0.0625 e. The summed E-state index contributed by atoms with van der Waals surface area (Å²) in [5.74, 6) is 2.46. The molecule has 4 aliphatic rings. The van der Waals surface area contributed by atoms with Gasteiger partial charge in [0.05, 0.1) is 6.10 Å². The van der Waals surface area contributed by atoms with Crippen LogP contribution in [0.15, 0.2) is 0 Å². The lowest BCUT2D eigenvalue weighted by atomic mass is 9.47. The molecule has 3 N–H and O–H groups in total. The summed E-state index contributed by atoms with van der Waals surface area (Å²) in [7, 11) is 0. The minimum Gasteiger partial charge on any atom is -0.392 e. The average molecular weight is 195 g/mol. The van der Waals surface area contributed by atoms with Gasteiger partial charge in [-0.1, -0.05) is 0 Å². The van der Waals surface area contributed by atoms with Crippen LogP contribution in [0.2, 0.25) is 0 Å². The van der Waals surface area contributed by atoms with Crippen LogP contribution in [0.1, 0.15) is 38.5 Å². The minimum absolute atomic E-state index is 0.0288. The van der Waals surface area contributed by atoms with Gasteiger partial charge in [0.2, 0.25) is 0 Å². The smallest absolute Gasteiger partial charge is 0.0625 e. The van der Waals surface area contributed by atoms with Gasteiger partial charge in [0.15, 0.2) is 0 Å². The molecule has 0 saturated heterocycles. The zero-order chi connectivity index (χ0) is 9.76. The van der Waals surface area contributed by atoms with Crippen molar-refractivity contribution < 1.29 is 5.11 Å². The third-order valence-electron chi connectivity index (χ3n) is 5.05. The van der Waals surface area contributed by atoms with Crippen molar-refractivity contribution in [2.24, 2.45) is 28.9 Å². The van der Waals surface area contributed by atoms with Crippen molar-refractivity contribution in [1.29, 1.82) is 0 Å². The summed E-state index contributed by atoms with van der Waals surface area (Å²) in [5.41, 5.74) is 5.94. The molecule has 0 amide bonds. The molecule has 3 unspecified atom stereocenters. The number of nitrogens with two attached hydrogens (primary N) is 1. The quantitative estimate of drug-likeness (QED) is 0.702. The fourth-order valence-electron chi connectivity index (χ4n) is 4.82. The second-order valence-electron chi connectivity index (χ2n) is 5.95. The normalized spacial score (nSPS) is 55.3. The van der Waals surface area contributed by atoms with Gasteiger partial charge in [-0.2, -0.15) is 0 Å². The molecule has 4 aliphatic carbocycles. The summed E-state index contributed by atoms with van der Waals surface area (Å²) in [5, 5.41) is 10.4. The molecule has 4 rings (SSSR count). The van der Waals surface area contributed by atoms with E-state index in [1.807, 2.05) is 0 Å². The van der Waals surface area contributed by atoms with Crippen LogP contribution in [0.4, 0.5) is 0 Å². The number of rotatable bonds is 2. The lowest BCUT2D eigenvalue weighted by Gasteiger charge is -2.59. The molecule has 14 heavy (non-hydrogen) atoms. The summed E-state index contributed by atoms with van der Waals surface area (Å²) >= 11 is 0. The Labute approximate surface area is 85.9 Å². The molecule has 0 aromatic rings.